The number of fused-ring (bicyclic) bond motifs is 2. The van der Waals surface area contributed by atoms with Crippen molar-refractivity contribution in [2.75, 3.05) is 53.6 Å². The van der Waals surface area contributed by atoms with Crippen LogP contribution in [-0.4, -0.2) is 93.8 Å². The Morgan fingerprint density at radius 2 is 1.89 bits per heavy atom. The van der Waals surface area contributed by atoms with Crippen LogP contribution >= 0.6 is 0 Å². The van der Waals surface area contributed by atoms with Crippen LogP contribution in [0.3, 0.4) is 0 Å². The molecule has 2 aromatic carbocycles. The number of carbonyl (C=O) groups is 1. The molecule has 228 valence electrons. The van der Waals surface area contributed by atoms with Crippen molar-refractivity contribution in [3.63, 3.8) is 0 Å². The summed E-state index contributed by atoms with van der Waals surface area (Å²) in [5.41, 5.74) is 4.22. The van der Waals surface area contributed by atoms with Crippen LogP contribution in [0, 0.1) is 12.8 Å². The highest BCUT2D eigenvalue weighted by atomic mass is 16.5. The predicted molar refractivity (Wildman–Crippen MR) is 167 cm³/mol. The molecule has 0 bridgehead atoms. The normalized spacial score (nSPS) is 18.0. The van der Waals surface area contributed by atoms with Crippen molar-refractivity contribution < 1.29 is 19.0 Å². The lowest BCUT2D eigenvalue weighted by Crippen LogP contribution is -2.42. The molecule has 0 saturated carbocycles. The number of nitrogens with zero attached hydrogens (tertiary/aromatic N) is 6. The molecule has 2 saturated heterocycles. The number of amides is 1. The van der Waals surface area contributed by atoms with E-state index in [1.807, 2.05) is 65.1 Å². The first-order valence-corrected chi connectivity index (χ1v) is 15.1. The molecule has 1 atom stereocenters. The third-order valence-corrected chi connectivity index (χ3v) is 8.82. The van der Waals surface area contributed by atoms with Gasteiger partial charge in [-0.25, -0.2) is 15.0 Å². The van der Waals surface area contributed by atoms with Gasteiger partial charge in [0.2, 0.25) is 11.8 Å². The highest BCUT2D eigenvalue weighted by molar-refractivity contribution is 5.85. The summed E-state index contributed by atoms with van der Waals surface area (Å²) in [6.07, 6.45) is 2.58. The van der Waals surface area contributed by atoms with E-state index >= 15 is 0 Å². The summed E-state index contributed by atoms with van der Waals surface area (Å²) in [7, 11) is 3.27. The van der Waals surface area contributed by atoms with Gasteiger partial charge in [0, 0.05) is 43.5 Å². The van der Waals surface area contributed by atoms with E-state index < -0.39 is 0 Å². The fraction of sp³-hybridized carbons (Fsp3) is 0.394. The molecule has 1 amide bonds. The van der Waals surface area contributed by atoms with Gasteiger partial charge in [0.05, 0.1) is 67.5 Å². The number of para-hydroxylation sites is 1. The first kappa shape index (κ1) is 28.3. The van der Waals surface area contributed by atoms with Crippen LogP contribution in [0.15, 0.2) is 54.7 Å². The second-order valence-corrected chi connectivity index (χ2v) is 11.6. The van der Waals surface area contributed by atoms with E-state index in [9.17, 15) is 4.79 Å². The molecule has 5 heterocycles. The van der Waals surface area contributed by atoms with Gasteiger partial charge in [-0.2, -0.15) is 0 Å². The Hall–Kier alpha value is -4.48. The van der Waals surface area contributed by atoms with Gasteiger partial charge in [0.1, 0.15) is 23.9 Å². The van der Waals surface area contributed by atoms with Crippen LogP contribution in [0.5, 0.6) is 11.6 Å². The van der Waals surface area contributed by atoms with Crippen molar-refractivity contribution in [1.82, 2.24) is 34.3 Å². The van der Waals surface area contributed by atoms with Crippen LogP contribution in [0.2, 0.25) is 0 Å². The molecule has 3 aromatic heterocycles. The smallest absolute Gasteiger partial charge is 0.243 e. The first-order valence-electron chi connectivity index (χ1n) is 15.1. The number of rotatable bonds is 8. The number of hydrogen-bond acceptors (Lipinski definition) is 8. The topological polar surface area (TPSA) is 111 Å². The SMILES string of the molecule is COc1ccc2nc(C)n(CC(=O)N3CCN(CC4COC4)CCC3c3ncc(-c4cc5ccccc5nc4OC)[nH]3)c2c1. The molecule has 11 nitrogen and oxygen atoms in total. The van der Waals surface area contributed by atoms with Crippen LogP contribution in [-0.2, 0) is 16.1 Å². The second-order valence-electron chi connectivity index (χ2n) is 11.6. The number of aromatic nitrogens is 5. The molecular weight excluding hydrogens is 558 g/mol. The molecule has 1 N–H and O–H groups in total. The summed E-state index contributed by atoms with van der Waals surface area (Å²) in [5, 5.41) is 1.01. The Morgan fingerprint density at radius 3 is 2.68 bits per heavy atom. The van der Waals surface area contributed by atoms with Crippen molar-refractivity contribution in [3.8, 4) is 22.9 Å². The number of imidazole rings is 2. The van der Waals surface area contributed by atoms with Crippen LogP contribution in [0.4, 0.5) is 0 Å². The number of aromatic amines is 1. The molecule has 11 heteroatoms. The number of H-pyrrole nitrogens is 1. The zero-order valence-electron chi connectivity index (χ0n) is 25.3. The lowest BCUT2D eigenvalue weighted by atomic mass is 10.1. The number of nitrogens with one attached hydrogen (secondary N) is 1. The molecule has 0 radical (unpaired) electrons. The van der Waals surface area contributed by atoms with Crippen molar-refractivity contribution in [2.45, 2.75) is 25.9 Å². The van der Waals surface area contributed by atoms with E-state index in [2.05, 4.69) is 16.0 Å². The third kappa shape index (κ3) is 5.37. The standard InChI is InChI=1S/C33H37N7O4/c1-21-35-27-9-8-24(42-2)15-30(27)40(21)18-31(41)39-13-12-38(17-22-19-44-20-22)11-10-29(39)32-34-16-28(36-32)25-14-23-6-4-5-7-26(23)37-33(25)43-3/h4-9,14-16,22,29H,10-13,17-20H2,1-3H3,(H,34,36). The Morgan fingerprint density at radius 1 is 1.02 bits per heavy atom. The summed E-state index contributed by atoms with van der Waals surface area (Å²) in [4.78, 5) is 36.5. The average molecular weight is 596 g/mol. The van der Waals surface area contributed by atoms with Gasteiger partial charge in [0.25, 0.3) is 0 Å². The minimum Gasteiger partial charge on any atom is -0.497 e. The minimum atomic E-state index is -0.220. The summed E-state index contributed by atoms with van der Waals surface area (Å²) >= 11 is 0. The maximum absolute atomic E-state index is 14.2. The quantitative estimate of drug-likeness (QED) is 0.284. The van der Waals surface area contributed by atoms with E-state index in [0.29, 0.717) is 18.3 Å². The van der Waals surface area contributed by atoms with Gasteiger partial charge < -0.3 is 33.6 Å². The number of benzene rings is 2. The monoisotopic (exact) mass is 595 g/mol. The van der Waals surface area contributed by atoms with Gasteiger partial charge in [0.15, 0.2) is 0 Å². The van der Waals surface area contributed by atoms with Crippen molar-refractivity contribution in [1.29, 1.82) is 0 Å². The molecular formula is C33H37N7O4. The highest BCUT2D eigenvalue weighted by Crippen LogP contribution is 2.33. The average Bonchev–Trinajstić information content (AvgIpc) is 3.56. The van der Waals surface area contributed by atoms with Crippen molar-refractivity contribution in [2.24, 2.45) is 5.92 Å². The van der Waals surface area contributed by atoms with Gasteiger partial charge in [-0.3, -0.25) is 4.79 Å². The minimum absolute atomic E-state index is 0.0250. The van der Waals surface area contributed by atoms with E-state index in [1.165, 1.54) is 0 Å². The fourth-order valence-corrected chi connectivity index (χ4v) is 6.36. The molecule has 44 heavy (non-hydrogen) atoms. The molecule has 7 rings (SSSR count). The maximum Gasteiger partial charge on any atom is 0.243 e. The summed E-state index contributed by atoms with van der Waals surface area (Å²) in [5.74, 6) is 3.38. The van der Waals surface area contributed by atoms with Crippen LogP contribution in [0.25, 0.3) is 33.2 Å². The van der Waals surface area contributed by atoms with Gasteiger partial charge in [-0.15, -0.1) is 0 Å². The number of aryl methyl sites for hydroxylation is 1. The number of ether oxygens (including phenoxy) is 3. The van der Waals surface area contributed by atoms with Gasteiger partial charge in [-0.05, 0) is 37.6 Å². The van der Waals surface area contributed by atoms with E-state index in [-0.39, 0.29) is 18.5 Å². The Balaban J connectivity index is 1.21. The number of methoxy groups -OCH3 is 2. The Kier molecular flexibility index (Phi) is 7.65. The summed E-state index contributed by atoms with van der Waals surface area (Å²) in [6.45, 7) is 6.97. The lowest BCUT2D eigenvalue weighted by molar-refractivity contribution is -0.134. The van der Waals surface area contributed by atoms with Crippen molar-refractivity contribution in [3.05, 3.63) is 66.4 Å². The molecule has 2 aliphatic heterocycles. The largest absolute Gasteiger partial charge is 0.497 e. The number of carbonyl (C=O) groups excluding carboxylic acids is 1. The zero-order valence-corrected chi connectivity index (χ0v) is 25.3. The third-order valence-electron chi connectivity index (χ3n) is 8.82. The molecule has 1 unspecified atom stereocenters. The summed E-state index contributed by atoms with van der Waals surface area (Å²) in [6, 6.07) is 15.6. The molecule has 2 fully saturated rings. The van der Waals surface area contributed by atoms with E-state index in [0.717, 1.165) is 89.9 Å². The molecule has 0 aliphatic carbocycles. The molecule has 5 aromatic rings. The van der Waals surface area contributed by atoms with Crippen LogP contribution < -0.4 is 9.47 Å². The maximum atomic E-state index is 14.2. The first-order chi connectivity index (χ1) is 21.5. The summed E-state index contributed by atoms with van der Waals surface area (Å²) < 4.78 is 18.5. The van der Waals surface area contributed by atoms with E-state index in [4.69, 9.17) is 29.2 Å². The van der Waals surface area contributed by atoms with E-state index in [1.54, 1.807) is 14.2 Å². The second kappa shape index (κ2) is 11.9. The van der Waals surface area contributed by atoms with Gasteiger partial charge >= 0.3 is 0 Å². The lowest BCUT2D eigenvalue weighted by Gasteiger charge is -2.31. The molecule has 0 spiro atoms. The Labute approximate surface area is 255 Å². The molecule has 2 aliphatic rings. The van der Waals surface area contributed by atoms with Crippen molar-refractivity contribution >= 4 is 27.8 Å². The zero-order chi connectivity index (χ0) is 30.2. The predicted octanol–water partition coefficient (Wildman–Crippen LogP) is 4.22. The Bertz CT molecular complexity index is 1810. The number of pyridine rings is 1. The highest BCUT2D eigenvalue weighted by Gasteiger charge is 2.33. The van der Waals surface area contributed by atoms with Gasteiger partial charge in [-0.1, -0.05) is 18.2 Å². The fourth-order valence-electron chi connectivity index (χ4n) is 6.36. The van der Waals surface area contributed by atoms with Crippen LogP contribution in [0.1, 0.15) is 24.1 Å². The number of hydrogen-bond donors (Lipinski definition) is 1.